The van der Waals surface area contributed by atoms with E-state index in [1.54, 1.807) is 0 Å². The Morgan fingerprint density at radius 1 is 1.10 bits per heavy atom. The standard InChI is InChI=1S/C14H16F3N3/c15-14(16,17)11-1-2-13-10(7-11)8-12(19-13)9-20-5-3-18-4-6-20/h1-2,7-8,18-19H,3-6,9H2. The van der Waals surface area contributed by atoms with Crippen molar-refractivity contribution in [2.45, 2.75) is 12.7 Å². The fourth-order valence-corrected chi connectivity index (χ4v) is 2.56. The molecule has 0 bridgehead atoms. The van der Waals surface area contributed by atoms with Gasteiger partial charge in [0.2, 0.25) is 0 Å². The first-order valence-corrected chi connectivity index (χ1v) is 6.64. The molecule has 2 N–H and O–H groups in total. The summed E-state index contributed by atoms with van der Waals surface area (Å²) in [6.07, 6.45) is -4.29. The smallest absolute Gasteiger partial charge is 0.357 e. The van der Waals surface area contributed by atoms with E-state index in [4.69, 9.17) is 0 Å². The molecule has 3 nitrogen and oxygen atoms in total. The molecule has 6 heteroatoms. The van der Waals surface area contributed by atoms with Gasteiger partial charge in [0.1, 0.15) is 0 Å². The van der Waals surface area contributed by atoms with E-state index in [0.717, 1.165) is 50.0 Å². The van der Waals surface area contributed by atoms with Crippen molar-refractivity contribution in [2.75, 3.05) is 26.2 Å². The van der Waals surface area contributed by atoms with E-state index in [2.05, 4.69) is 15.2 Å². The molecule has 0 amide bonds. The minimum atomic E-state index is -4.29. The molecule has 0 spiro atoms. The lowest BCUT2D eigenvalue weighted by atomic mass is 10.1. The first-order chi connectivity index (χ1) is 9.52. The minimum Gasteiger partial charge on any atom is -0.357 e. The van der Waals surface area contributed by atoms with Gasteiger partial charge in [0, 0.05) is 49.3 Å². The van der Waals surface area contributed by atoms with Crippen molar-refractivity contribution in [1.29, 1.82) is 0 Å². The van der Waals surface area contributed by atoms with Crippen LogP contribution in [-0.2, 0) is 12.7 Å². The number of hydrogen-bond acceptors (Lipinski definition) is 2. The van der Waals surface area contributed by atoms with Crippen LogP contribution in [0.1, 0.15) is 11.3 Å². The number of nitrogens with one attached hydrogen (secondary N) is 2. The second-order valence-electron chi connectivity index (χ2n) is 5.12. The van der Waals surface area contributed by atoms with Crippen molar-refractivity contribution < 1.29 is 13.2 Å². The number of halogens is 3. The highest BCUT2D eigenvalue weighted by molar-refractivity contribution is 5.81. The van der Waals surface area contributed by atoms with Gasteiger partial charge < -0.3 is 10.3 Å². The zero-order valence-corrected chi connectivity index (χ0v) is 10.9. The molecule has 1 saturated heterocycles. The van der Waals surface area contributed by atoms with Crippen LogP contribution in [0.2, 0.25) is 0 Å². The summed E-state index contributed by atoms with van der Waals surface area (Å²) < 4.78 is 38.0. The van der Waals surface area contributed by atoms with E-state index >= 15 is 0 Å². The van der Waals surface area contributed by atoms with Crippen molar-refractivity contribution in [3.63, 3.8) is 0 Å². The molecule has 0 radical (unpaired) electrons. The SMILES string of the molecule is FC(F)(F)c1ccc2[nH]c(CN3CCNCC3)cc2c1. The molecule has 2 heterocycles. The molecule has 3 rings (SSSR count). The highest BCUT2D eigenvalue weighted by Crippen LogP contribution is 2.31. The molecule has 1 aromatic heterocycles. The van der Waals surface area contributed by atoms with Crippen LogP contribution in [0.4, 0.5) is 13.2 Å². The second kappa shape index (κ2) is 5.10. The summed E-state index contributed by atoms with van der Waals surface area (Å²) in [7, 11) is 0. The van der Waals surface area contributed by atoms with Gasteiger partial charge in [-0.3, -0.25) is 4.90 Å². The summed E-state index contributed by atoms with van der Waals surface area (Å²) in [5.74, 6) is 0. The van der Waals surface area contributed by atoms with Crippen LogP contribution in [-0.4, -0.2) is 36.1 Å². The predicted octanol–water partition coefficient (Wildman–Crippen LogP) is 2.59. The normalized spacial score (nSPS) is 17.8. The molecule has 0 saturated carbocycles. The van der Waals surface area contributed by atoms with Crippen LogP contribution in [0.3, 0.4) is 0 Å². The van der Waals surface area contributed by atoms with E-state index in [1.807, 2.05) is 6.07 Å². The Kier molecular flexibility index (Phi) is 3.43. The summed E-state index contributed by atoms with van der Waals surface area (Å²) in [4.78, 5) is 5.48. The molecule has 108 valence electrons. The van der Waals surface area contributed by atoms with E-state index in [9.17, 15) is 13.2 Å². The van der Waals surface area contributed by atoms with Crippen LogP contribution >= 0.6 is 0 Å². The number of aromatic nitrogens is 1. The number of rotatable bonds is 2. The van der Waals surface area contributed by atoms with Crippen molar-refractivity contribution in [2.24, 2.45) is 0 Å². The van der Waals surface area contributed by atoms with E-state index in [1.165, 1.54) is 12.1 Å². The molecule has 2 aromatic rings. The number of alkyl halides is 3. The van der Waals surface area contributed by atoms with Gasteiger partial charge in [-0.25, -0.2) is 0 Å². The summed E-state index contributed by atoms with van der Waals surface area (Å²) in [6.45, 7) is 4.58. The van der Waals surface area contributed by atoms with Gasteiger partial charge in [0.25, 0.3) is 0 Å². The molecule has 1 aliphatic rings. The van der Waals surface area contributed by atoms with Crippen molar-refractivity contribution in [3.8, 4) is 0 Å². The van der Waals surface area contributed by atoms with Crippen LogP contribution in [0.5, 0.6) is 0 Å². The molecule has 20 heavy (non-hydrogen) atoms. The van der Waals surface area contributed by atoms with E-state index < -0.39 is 11.7 Å². The summed E-state index contributed by atoms with van der Waals surface area (Å²) in [5, 5.41) is 3.89. The molecular formula is C14H16F3N3. The maximum Gasteiger partial charge on any atom is 0.416 e. The largest absolute Gasteiger partial charge is 0.416 e. The number of H-pyrrole nitrogens is 1. The zero-order valence-electron chi connectivity index (χ0n) is 10.9. The van der Waals surface area contributed by atoms with Crippen LogP contribution in [0, 0.1) is 0 Å². The minimum absolute atomic E-state index is 0.599. The highest BCUT2D eigenvalue weighted by atomic mass is 19.4. The Balaban J connectivity index is 1.83. The van der Waals surface area contributed by atoms with Gasteiger partial charge in [-0.1, -0.05) is 0 Å². The average molecular weight is 283 g/mol. The summed E-state index contributed by atoms with van der Waals surface area (Å²) >= 11 is 0. The first-order valence-electron chi connectivity index (χ1n) is 6.64. The van der Waals surface area contributed by atoms with Crippen LogP contribution in [0.15, 0.2) is 24.3 Å². The number of fused-ring (bicyclic) bond motifs is 1. The molecule has 1 fully saturated rings. The molecule has 0 aliphatic carbocycles. The van der Waals surface area contributed by atoms with Gasteiger partial charge in [-0.2, -0.15) is 13.2 Å². The number of aromatic amines is 1. The quantitative estimate of drug-likeness (QED) is 0.887. The maximum atomic E-state index is 12.7. The van der Waals surface area contributed by atoms with Gasteiger partial charge in [0.15, 0.2) is 0 Å². The Morgan fingerprint density at radius 2 is 1.85 bits per heavy atom. The topological polar surface area (TPSA) is 31.1 Å². The van der Waals surface area contributed by atoms with Gasteiger partial charge >= 0.3 is 6.18 Å². The van der Waals surface area contributed by atoms with E-state index in [-0.39, 0.29) is 0 Å². The average Bonchev–Trinajstić information content (AvgIpc) is 2.80. The number of piperazine rings is 1. The van der Waals surface area contributed by atoms with Crippen LogP contribution < -0.4 is 5.32 Å². The lowest BCUT2D eigenvalue weighted by molar-refractivity contribution is -0.137. The lowest BCUT2D eigenvalue weighted by Crippen LogP contribution is -2.42. The fourth-order valence-electron chi connectivity index (χ4n) is 2.56. The molecule has 1 aliphatic heterocycles. The monoisotopic (exact) mass is 283 g/mol. The molecular weight excluding hydrogens is 267 g/mol. The Hall–Kier alpha value is -1.53. The third kappa shape index (κ3) is 2.81. The number of benzene rings is 1. The van der Waals surface area contributed by atoms with Crippen molar-refractivity contribution in [1.82, 2.24) is 15.2 Å². The fraction of sp³-hybridized carbons (Fsp3) is 0.429. The summed E-state index contributed by atoms with van der Waals surface area (Å²) in [5.41, 5.74) is 1.11. The Bertz CT molecular complexity index is 597. The van der Waals surface area contributed by atoms with E-state index in [0.29, 0.717) is 5.39 Å². The predicted molar refractivity (Wildman–Crippen MR) is 71.4 cm³/mol. The Labute approximate surface area is 114 Å². The number of nitrogens with zero attached hydrogens (tertiary/aromatic N) is 1. The van der Waals surface area contributed by atoms with Crippen molar-refractivity contribution >= 4 is 10.9 Å². The lowest BCUT2D eigenvalue weighted by Gasteiger charge is -2.26. The number of hydrogen-bond donors (Lipinski definition) is 2. The van der Waals surface area contributed by atoms with Crippen molar-refractivity contribution in [3.05, 3.63) is 35.5 Å². The van der Waals surface area contributed by atoms with Gasteiger partial charge in [0.05, 0.1) is 5.56 Å². The van der Waals surface area contributed by atoms with Gasteiger partial charge in [-0.05, 0) is 24.3 Å². The third-order valence-corrected chi connectivity index (χ3v) is 3.61. The highest BCUT2D eigenvalue weighted by Gasteiger charge is 2.30. The molecule has 0 atom stereocenters. The second-order valence-corrected chi connectivity index (χ2v) is 5.12. The zero-order chi connectivity index (χ0) is 14.2. The van der Waals surface area contributed by atoms with Crippen LogP contribution in [0.25, 0.3) is 10.9 Å². The third-order valence-electron chi connectivity index (χ3n) is 3.61. The maximum absolute atomic E-state index is 12.7. The van der Waals surface area contributed by atoms with Gasteiger partial charge in [-0.15, -0.1) is 0 Å². The summed E-state index contributed by atoms with van der Waals surface area (Å²) in [6, 6.07) is 5.63. The molecule has 0 unspecified atom stereocenters. The first kappa shape index (κ1) is 13.5. The molecule has 1 aromatic carbocycles. The Morgan fingerprint density at radius 3 is 2.55 bits per heavy atom.